The third-order valence-electron chi connectivity index (χ3n) is 3.45. The van der Waals surface area contributed by atoms with Gasteiger partial charge >= 0.3 is 5.97 Å². The minimum absolute atomic E-state index is 0.150. The Morgan fingerprint density at radius 1 is 1.41 bits per heavy atom. The summed E-state index contributed by atoms with van der Waals surface area (Å²) in [6.45, 7) is 4.15. The van der Waals surface area contributed by atoms with E-state index >= 15 is 0 Å². The molecule has 1 aromatic carbocycles. The largest absolute Gasteiger partial charge is 0.368 e. The van der Waals surface area contributed by atoms with Gasteiger partial charge in [-0.1, -0.05) is 19.1 Å². The lowest BCUT2D eigenvalue weighted by atomic mass is 10.2. The van der Waals surface area contributed by atoms with Crippen molar-refractivity contribution in [3.8, 4) is 0 Å². The number of benzene rings is 1. The number of nitrogens with zero attached hydrogens (tertiary/aromatic N) is 2. The average Bonchev–Trinajstić information content (AvgIpc) is 2.47. The van der Waals surface area contributed by atoms with Gasteiger partial charge in [0.25, 0.3) is 0 Å². The number of sulfonamides is 1. The summed E-state index contributed by atoms with van der Waals surface area (Å²) < 4.78 is 26.6. The van der Waals surface area contributed by atoms with Crippen molar-refractivity contribution in [2.45, 2.75) is 31.3 Å². The van der Waals surface area contributed by atoms with E-state index in [0.717, 1.165) is 5.56 Å². The van der Waals surface area contributed by atoms with Crippen LogP contribution >= 0.6 is 0 Å². The summed E-state index contributed by atoms with van der Waals surface area (Å²) in [6, 6.07) is 6.71. The molecule has 0 amide bonds. The van der Waals surface area contributed by atoms with Gasteiger partial charge in [-0.15, -0.1) is 5.06 Å². The molecule has 1 saturated heterocycles. The maximum absolute atomic E-state index is 12.7. The molecule has 122 valence electrons. The zero-order valence-electron chi connectivity index (χ0n) is 12.7. The van der Waals surface area contributed by atoms with Crippen molar-refractivity contribution in [3.63, 3.8) is 0 Å². The third kappa shape index (κ3) is 3.64. The highest BCUT2D eigenvalue weighted by Crippen LogP contribution is 2.20. The second-order valence-corrected chi connectivity index (χ2v) is 7.10. The van der Waals surface area contributed by atoms with Crippen LogP contribution in [0.15, 0.2) is 29.2 Å². The SMILES string of the molecule is CCC(=O)ON1CCN(S(=O)(=O)c2cccc(C)c2)C(N)C1. The smallest absolute Gasteiger partial charge is 0.324 e. The number of hydrogen-bond acceptors (Lipinski definition) is 6. The molecular formula is C14H21N3O4S. The Bertz CT molecular complexity index is 647. The minimum atomic E-state index is -3.65. The van der Waals surface area contributed by atoms with Crippen LogP contribution in [0.5, 0.6) is 0 Å². The molecule has 7 nitrogen and oxygen atoms in total. The normalized spacial score (nSPS) is 20.8. The van der Waals surface area contributed by atoms with Gasteiger partial charge in [-0.2, -0.15) is 4.31 Å². The van der Waals surface area contributed by atoms with Gasteiger partial charge in [0.15, 0.2) is 0 Å². The highest BCUT2D eigenvalue weighted by molar-refractivity contribution is 7.89. The second-order valence-electron chi connectivity index (χ2n) is 5.20. The molecule has 1 heterocycles. The summed E-state index contributed by atoms with van der Waals surface area (Å²) in [7, 11) is -3.65. The summed E-state index contributed by atoms with van der Waals surface area (Å²) in [5.41, 5.74) is 6.83. The highest BCUT2D eigenvalue weighted by Gasteiger charge is 2.35. The first-order chi connectivity index (χ1) is 10.3. The molecule has 22 heavy (non-hydrogen) atoms. The summed E-state index contributed by atoms with van der Waals surface area (Å²) in [6.07, 6.45) is -0.499. The molecule has 1 atom stereocenters. The van der Waals surface area contributed by atoms with Crippen molar-refractivity contribution in [2.75, 3.05) is 19.6 Å². The van der Waals surface area contributed by atoms with Crippen LogP contribution in [0.4, 0.5) is 0 Å². The predicted octanol–water partition coefficient (Wildman–Crippen LogP) is 0.454. The van der Waals surface area contributed by atoms with Crippen LogP contribution < -0.4 is 5.73 Å². The average molecular weight is 327 g/mol. The fraction of sp³-hybridized carbons (Fsp3) is 0.500. The standard InChI is InChI=1S/C14H21N3O4S/c1-3-14(18)21-16-7-8-17(13(15)10-16)22(19,20)12-6-4-5-11(2)9-12/h4-6,9,13H,3,7-8,10,15H2,1-2H3. The van der Waals surface area contributed by atoms with Gasteiger partial charge in [-0.05, 0) is 24.6 Å². The van der Waals surface area contributed by atoms with E-state index in [1.165, 1.54) is 9.37 Å². The number of nitrogens with two attached hydrogens (primary N) is 1. The van der Waals surface area contributed by atoms with E-state index in [-0.39, 0.29) is 30.4 Å². The van der Waals surface area contributed by atoms with Crippen molar-refractivity contribution in [1.82, 2.24) is 9.37 Å². The molecule has 1 fully saturated rings. The quantitative estimate of drug-likeness (QED) is 0.863. The van der Waals surface area contributed by atoms with E-state index in [1.54, 1.807) is 25.1 Å². The van der Waals surface area contributed by atoms with E-state index in [1.807, 2.05) is 13.0 Å². The Morgan fingerprint density at radius 3 is 2.73 bits per heavy atom. The molecule has 0 spiro atoms. The summed E-state index contributed by atoms with van der Waals surface area (Å²) in [5.74, 6) is -0.359. The Kier molecular flexibility index (Phi) is 5.17. The van der Waals surface area contributed by atoms with Crippen molar-refractivity contribution in [2.24, 2.45) is 5.73 Å². The Labute approximate surface area is 130 Å². The van der Waals surface area contributed by atoms with Crippen molar-refractivity contribution in [3.05, 3.63) is 29.8 Å². The number of hydrogen-bond donors (Lipinski definition) is 1. The molecule has 0 saturated carbocycles. The van der Waals surface area contributed by atoms with E-state index in [4.69, 9.17) is 10.6 Å². The van der Waals surface area contributed by atoms with E-state index in [9.17, 15) is 13.2 Å². The number of carbonyl (C=O) groups is 1. The molecule has 0 bridgehead atoms. The summed E-state index contributed by atoms with van der Waals surface area (Å²) >= 11 is 0. The van der Waals surface area contributed by atoms with E-state index in [0.29, 0.717) is 6.54 Å². The fourth-order valence-corrected chi connectivity index (χ4v) is 3.87. The molecule has 1 aromatic rings. The molecule has 1 aliphatic heterocycles. The zero-order chi connectivity index (χ0) is 16.3. The minimum Gasteiger partial charge on any atom is -0.368 e. The van der Waals surface area contributed by atoms with Gasteiger partial charge in [-0.3, -0.25) is 4.79 Å². The number of aryl methyl sites for hydroxylation is 1. The molecule has 0 radical (unpaired) electrons. The Hall–Kier alpha value is -1.48. The van der Waals surface area contributed by atoms with Gasteiger partial charge in [0.05, 0.1) is 17.6 Å². The Morgan fingerprint density at radius 2 is 2.14 bits per heavy atom. The van der Waals surface area contributed by atoms with Crippen LogP contribution in [-0.2, 0) is 19.7 Å². The van der Waals surface area contributed by atoms with Crippen molar-refractivity contribution < 1.29 is 18.0 Å². The molecule has 0 aliphatic carbocycles. The first-order valence-electron chi connectivity index (χ1n) is 7.14. The lowest BCUT2D eigenvalue weighted by Gasteiger charge is -2.37. The predicted molar refractivity (Wildman–Crippen MR) is 81.0 cm³/mol. The van der Waals surface area contributed by atoms with Crippen LogP contribution in [0.1, 0.15) is 18.9 Å². The van der Waals surface area contributed by atoms with Gasteiger partial charge in [0.2, 0.25) is 10.0 Å². The maximum atomic E-state index is 12.7. The molecule has 0 aromatic heterocycles. The number of rotatable bonds is 4. The van der Waals surface area contributed by atoms with Gasteiger partial charge in [-0.25, -0.2) is 8.42 Å². The first-order valence-corrected chi connectivity index (χ1v) is 8.58. The number of carbonyl (C=O) groups excluding carboxylic acids is 1. The molecule has 1 aliphatic rings. The molecule has 2 rings (SSSR count). The summed E-state index contributed by atoms with van der Waals surface area (Å²) in [4.78, 5) is 16.6. The lowest BCUT2D eigenvalue weighted by molar-refractivity contribution is -0.198. The van der Waals surface area contributed by atoms with Crippen molar-refractivity contribution in [1.29, 1.82) is 0 Å². The third-order valence-corrected chi connectivity index (χ3v) is 5.37. The second kappa shape index (κ2) is 6.74. The zero-order valence-corrected chi connectivity index (χ0v) is 13.5. The van der Waals surface area contributed by atoms with E-state index < -0.39 is 16.2 Å². The molecule has 1 unspecified atom stereocenters. The lowest BCUT2D eigenvalue weighted by Crippen LogP contribution is -2.58. The molecular weight excluding hydrogens is 306 g/mol. The van der Waals surface area contributed by atoms with Gasteiger partial charge in [0.1, 0.15) is 0 Å². The Balaban J connectivity index is 2.12. The maximum Gasteiger partial charge on any atom is 0.324 e. The van der Waals surface area contributed by atoms with Crippen LogP contribution in [-0.4, -0.2) is 49.6 Å². The molecule has 8 heteroatoms. The van der Waals surface area contributed by atoms with Crippen molar-refractivity contribution >= 4 is 16.0 Å². The van der Waals surface area contributed by atoms with E-state index in [2.05, 4.69) is 0 Å². The van der Waals surface area contributed by atoms with Crippen LogP contribution in [0.2, 0.25) is 0 Å². The summed E-state index contributed by atoms with van der Waals surface area (Å²) in [5, 5.41) is 1.42. The van der Waals surface area contributed by atoms with Crippen LogP contribution in [0.25, 0.3) is 0 Å². The highest BCUT2D eigenvalue weighted by atomic mass is 32.2. The monoisotopic (exact) mass is 327 g/mol. The number of hydroxylamine groups is 2. The molecule has 2 N–H and O–H groups in total. The topological polar surface area (TPSA) is 92.9 Å². The van der Waals surface area contributed by atoms with Crippen LogP contribution in [0, 0.1) is 6.92 Å². The van der Waals surface area contributed by atoms with Crippen LogP contribution in [0.3, 0.4) is 0 Å². The van der Waals surface area contributed by atoms with Gasteiger partial charge < -0.3 is 10.6 Å². The van der Waals surface area contributed by atoms with Gasteiger partial charge in [0, 0.05) is 19.5 Å². The first kappa shape index (κ1) is 16.9. The fourth-order valence-electron chi connectivity index (χ4n) is 2.27. The number of piperazine rings is 1.